The molecule has 4 rings (SSSR count). The van der Waals surface area contributed by atoms with Gasteiger partial charge in [0, 0.05) is 15.4 Å². The molecule has 1 N–H and O–H groups in total. The van der Waals surface area contributed by atoms with Crippen LogP contribution in [0.5, 0.6) is 0 Å². The SMILES string of the molecule is N#CC1(NC(=O)CSc2nc(-c3ccc(Br)cc3)nc3ccccc23)CCCCC1. The Kier molecular flexibility index (Phi) is 6.35. The summed E-state index contributed by atoms with van der Waals surface area (Å²) in [7, 11) is 0. The number of nitrogens with zero attached hydrogens (tertiary/aromatic N) is 3. The summed E-state index contributed by atoms with van der Waals surface area (Å²) >= 11 is 4.84. The highest BCUT2D eigenvalue weighted by atomic mass is 79.9. The van der Waals surface area contributed by atoms with Crippen LogP contribution in [0.15, 0.2) is 58.0 Å². The number of halogens is 1. The summed E-state index contributed by atoms with van der Waals surface area (Å²) in [6, 6.07) is 18.0. The highest BCUT2D eigenvalue weighted by Crippen LogP contribution is 2.30. The lowest BCUT2D eigenvalue weighted by molar-refractivity contribution is -0.120. The van der Waals surface area contributed by atoms with Crippen molar-refractivity contribution in [3.8, 4) is 17.5 Å². The number of benzene rings is 2. The molecule has 3 aromatic rings. The highest BCUT2D eigenvalue weighted by Gasteiger charge is 2.33. The van der Waals surface area contributed by atoms with Crippen LogP contribution < -0.4 is 5.32 Å². The average molecular weight is 481 g/mol. The molecule has 30 heavy (non-hydrogen) atoms. The van der Waals surface area contributed by atoms with Crippen LogP contribution in [-0.4, -0.2) is 27.2 Å². The van der Waals surface area contributed by atoms with Gasteiger partial charge in [0.2, 0.25) is 5.91 Å². The highest BCUT2D eigenvalue weighted by molar-refractivity contribution is 9.10. The van der Waals surface area contributed by atoms with Crippen LogP contribution in [-0.2, 0) is 4.79 Å². The Morgan fingerprint density at radius 2 is 1.83 bits per heavy atom. The molecule has 0 radical (unpaired) electrons. The van der Waals surface area contributed by atoms with Crippen LogP contribution in [0, 0.1) is 11.3 Å². The Labute approximate surface area is 188 Å². The Morgan fingerprint density at radius 1 is 1.10 bits per heavy atom. The molecule has 1 aliphatic rings. The van der Waals surface area contributed by atoms with Gasteiger partial charge in [-0.3, -0.25) is 4.79 Å². The number of rotatable bonds is 5. The van der Waals surface area contributed by atoms with E-state index in [1.54, 1.807) is 0 Å². The summed E-state index contributed by atoms with van der Waals surface area (Å²) in [5, 5.41) is 14.3. The van der Waals surface area contributed by atoms with Gasteiger partial charge in [-0.15, -0.1) is 0 Å². The van der Waals surface area contributed by atoms with Gasteiger partial charge in [0.1, 0.15) is 10.6 Å². The number of thioether (sulfide) groups is 1. The third-order valence-corrected chi connectivity index (χ3v) is 6.83. The maximum Gasteiger partial charge on any atom is 0.231 e. The summed E-state index contributed by atoms with van der Waals surface area (Å²) in [6.07, 6.45) is 4.54. The summed E-state index contributed by atoms with van der Waals surface area (Å²) in [5.41, 5.74) is 1.04. The van der Waals surface area contributed by atoms with E-state index < -0.39 is 5.54 Å². The van der Waals surface area contributed by atoms with Crippen LogP contribution in [0.25, 0.3) is 22.3 Å². The van der Waals surface area contributed by atoms with E-state index in [0.717, 1.165) is 58.1 Å². The molecule has 1 heterocycles. The zero-order chi connectivity index (χ0) is 21.0. The number of carbonyl (C=O) groups is 1. The number of aromatic nitrogens is 2. The monoisotopic (exact) mass is 480 g/mol. The second kappa shape index (κ2) is 9.15. The van der Waals surface area contributed by atoms with Crippen molar-refractivity contribution in [2.75, 3.05) is 5.75 Å². The summed E-state index contributed by atoms with van der Waals surface area (Å²) < 4.78 is 0.993. The van der Waals surface area contributed by atoms with E-state index in [9.17, 15) is 10.1 Å². The molecule has 0 bridgehead atoms. The number of nitrogens with one attached hydrogen (secondary N) is 1. The fourth-order valence-electron chi connectivity index (χ4n) is 3.74. The van der Waals surface area contributed by atoms with Crippen molar-refractivity contribution in [1.29, 1.82) is 5.26 Å². The molecule has 1 fully saturated rings. The quantitative estimate of drug-likeness (QED) is 0.385. The minimum Gasteiger partial charge on any atom is -0.337 e. The second-order valence-electron chi connectivity index (χ2n) is 7.47. The topological polar surface area (TPSA) is 78.7 Å². The lowest BCUT2D eigenvalue weighted by Gasteiger charge is -2.31. The molecule has 1 aromatic heterocycles. The van der Waals surface area contributed by atoms with Crippen LogP contribution >= 0.6 is 27.7 Å². The van der Waals surface area contributed by atoms with E-state index in [1.807, 2.05) is 48.5 Å². The number of para-hydroxylation sites is 1. The van der Waals surface area contributed by atoms with Gasteiger partial charge in [-0.05, 0) is 31.0 Å². The molecule has 152 valence electrons. The van der Waals surface area contributed by atoms with Crippen LogP contribution in [0.1, 0.15) is 32.1 Å². The van der Waals surface area contributed by atoms with E-state index in [4.69, 9.17) is 9.97 Å². The smallest absolute Gasteiger partial charge is 0.231 e. The number of amides is 1. The van der Waals surface area contributed by atoms with Crippen molar-refractivity contribution in [3.63, 3.8) is 0 Å². The van der Waals surface area contributed by atoms with Crippen molar-refractivity contribution in [3.05, 3.63) is 53.0 Å². The van der Waals surface area contributed by atoms with Gasteiger partial charge in [-0.2, -0.15) is 5.26 Å². The normalized spacial score (nSPS) is 15.5. The van der Waals surface area contributed by atoms with E-state index in [2.05, 4.69) is 27.3 Å². The van der Waals surface area contributed by atoms with Gasteiger partial charge in [0.15, 0.2) is 5.82 Å². The van der Waals surface area contributed by atoms with Crippen LogP contribution in [0.2, 0.25) is 0 Å². The van der Waals surface area contributed by atoms with E-state index in [0.29, 0.717) is 5.82 Å². The van der Waals surface area contributed by atoms with Crippen molar-refractivity contribution in [1.82, 2.24) is 15.3 Å². The first-order valence-electron chi connectivity index (χ1n) is 9.96. The molecule has 1 amide bonds. The maximum atomic E-state index is 12.6. The largest absolute Gasteiger partial charge is 0.337 e. The number of nitriles is 1. The first-order valence-corrected chi connectivity index (χ1v) is 11.7. The first-order chi connectivity index (χ1) is 14.6. The molecule has 0 atom stereocenters. The number of hydrogen-bond acceptors (Lipinski definition) is 5. The lowest BCUT2D eigenvalue weighted by Crippen LogP contribution is -2.49. The van der Waals surface area contributed by atoms with Crippen molar-refractivity contribution in [2.45, 2.75) is 42.7 Å². The number of hydrogen-bond donors (Lipinski definition) is 1. The molecule has 7 heteroatoms. The standard InChI is InChI=1S/C23H21BrN4OS/c24-17-10-8-16(9-11-17)21-26-19-7-3-2-6-18(19)22(27-21)30-14-20(29)28-23(15-25)12-4-1-5-13-23/h2-3,6-11H,1,4-5,12-14H2,(H,28,29). The summed E-state index contributed by atoms with van der Waals surface area (Å²) in [5.74, 6) is 0.714. The molecule has 5 nitrogen and oxygen atoms in total. The molecule has 0 unspecified atom stereocenters. The van der Waals surface area contributed by atoms with E-state index in [1.165, 1.54) is 11.8 Å². The predicted octanol–water partition coefficient (Wildman–Crippen LogP) is 5.49. The first kappa shape index (κ1) is 20.8. The third kappa shape index (κ3) is 4.66. The zero-order valence-electron chi connectivity index (χ0n) is 16.4. The van der Waals surface area contributed by atoms with E-state index >= 15 is 0 Å². The molecule has 1 saturated carbocycles. The van der Waals surface area contributed by atoms with E-state index in [-0.39, 0.29) is 11.7 Å². The van der Waals surface area contributed by atoms with Crippen molar-refractivity contribution < 1.29 is 4.79 Å². The Balaban J connectivity index is 1.56. The zero-order valence-corrected chi connectivity index (χ0v) is 18.8. The molecule has 0 saturated heterocycles. The molecular weight excluding hydrogens is 460 g/mol. The maximum absolute atomic E-state index is 12.6. The van der Waals surface area contributed by atoms with Gasteiger partial charge in [0.05, 0.1) is 17.3 Å². The molecule has 0 aliphatic heterocycles. The minimum absolute atomic E-state index is 0.128. The molecule has 2 aromatic carbocycles. The van der Waals surface area contributed by atoms with Gasteiger partial charge in [-0.25, -0.2) is 9.97 Å². The second-order valence-corrected chi connectivity index (χ2v) is 9.35. The average Bonchev–Trinajstić information content (AvgIpc) is 2.78. The Bertz CT molecular complexity index is 1100. The Morgan fingerprint density at radius 3 is 2.57 bits per heavy atom. The summed E-state index contributed by atoms with van der Waals surface area (Å²) in [6.45, 7) is 0. The number of fused-ring (bicyclic) bond motifs is 1. The van der Waals surface area contributed by atoms with Gasteiger partial charge >= 0.3 is 0 Å². The molecule has 0 spiro atoms. The fourth-order valence-corrected chi connectivity index (χ4v) is 4.83. The number of carbonyl (C=O) groups excluding carboxylic acids is 1. The summed E-state index contributed by atoms with van der Waals surface area (Å²) in [4.78, 5) is 22.1. The Hall–Kier alpha value is -2.43. The van der Waals surface area contributed by atoms with Crippen LogP contribution in [0.4, 0.5) is 0 Å². The van der Waals surface area contributed by atoms with Crippen LogP contribution in [0.3, 0.4) is 0 Å². The fraction of sp³-hybridized carbons (Fsp3) is 0.304. The minimum atomic E-state index is -0.716. The molecular formula is C23H21BrN4OS. The lowest BCUT2D eigenvalue weighted by atomic mass is 9.83. The van der Waals surface area contributed by atoms with Gasteiger partial charge in [0.25, 0.3) is 0 Å². The van der Waals surface area contributed by atoms with Gasteiger partial charge < -0.3 is 5.32 Å². The predicted molar refractivity (Wildman–Crippen MR) is 123 cm³/mol. The van der Waals surface area contributed by atoms with Crippen molar-refractivity contribution >= 4 is 44.5 Å². The molecule has 1 aliphatic carbocycles. The van der Waals surface area contributed by atoms with Gasteiger partial charge in [-0.1, -0.05) is 77.3 Å². The van der Waals surface area contributed by atoms with Crippen molar-refractivity contribution in [2.24, 2.45) is 0 Å². The third-order valence-electron chi connectivity index (χ3n) is 5.31.